The van der Waals surface area contributed by atoms with E-state index < -0.39 is 0 Å². The molecular formula is C12H9FN2O. The zero-order valence-corrected chi connectivity index (χ0v) is 8.64. The third kappa shape index (κ3) is 1.39. The van der Waals surface area contributed by atoms with Crippen LogP contribution in [0.3, 0.4) is 0 Å². The minimum atomic E-state index is -0.285. The number of nitrogens with zero attached hydrogens (tertiary/aromatic N) is 2. The molecule has 0 saturated carbocycles. The van der Waals surface area contributed by atoms with Crippen molar-refractivity contribution in [3.63, 3.8) is 0 Å². The zero-order chi connectivity index (χ0) is 11.1. The highest BCUT2D eigenvalue weighted by atomic mass is 19.1. The molecule has 3 nitrogen and oxygen atoms in total. The number of aromatic nitrogens is 2. The molecule has 3 aromatic heterocycles. The fraction of sp³-hybridized carbons (Fsp3) is 0.0833. The van der Waals surface area contributed by atoms with Crippen LogP contribution in [-0.4, -0.2) is 9.38 Å². The third-order valence-electron chi connectivity index (χ3n) is 2.41. The maximum Gasteiger partial charge on any atom is 0.154 e. The first-order valence-corrected chi connectivity index (χ1v) is 4.93. The van der Waals surface area contributed by atoms with E-state index >= 15 is 0 Å². The Morgan fingerprint density at radius 1 is 1.19 bits per heavy atom. The van der Waals surface area contributed by atoms with Crippen LogP contribution in [0.15, 0.2) is 41.1 Å². The average Bonchev–Trinajstić information content (AvgIpc) is 2.83. The van der Waals surface area contributed by atoms with E-state index in [9.17, 15) is 4.39 Å². The van der Waals surface area contributed by atoms with E-state index in [0.717, 1.165) is 5.76 Å². The van der Waals surface area contributed by atoms with Crippen LogP contribution in [-0.2, 0) is 0 Å². The molecule has 0 radical (unpaired) electrons. The average molecular weight is 216 g/mol. The smallest absolute Gasteiger partial charge is 0.154 e. The molecule has 0 fully saturated rings. The van der Waals surface area contributed by atoms with Crippen molar-refractivity contribution in [3.8, 4) is 11.5 Å². The van der Waals surface area contributed by atoms with Gasteiger partial charge in [0.05, 0.1) is 0 Å². The number of fused-ring (bicyclic) bond motifs is 1. The summed E-state index contributed by atoms with van der Waals surface area (Å²) in [5.74, 6) is 1.24. The third-order valence-corrected chi connectivity index (χ3v) is 2.41. The Morgan fingerprint density at radius 3 is 2.81 bits per heavy atom. The molecule has 0 aromatic carbocycles. The standard InChI is InChI=1S/C12H9FN2O/c1-8-2-4-11(16-8)10-7-15-6-9(13)3-5-12(15)14-10/h2-7H,1H3. The van der Waals surface area contributed by atoms with Gasteiger partial charge < -0.3 is 8.82 Å². The van der Waals surface area contributed by atoms with Crippen LogP contribution < -0.4 is 0 Å². The van der Waals surface area contributed by atoms with Crippen LogP contribution >= 0.6 is 0 Å². The van der Waals surface area contributed by atoms with E-state index in [-0.39, 0.29) is 5.82 Å². The topological polar surface area (TPSA) is 30.4 Å². The van der Waals surface area contributed by atoms with Crippen molar-refractivity contribution in [2.75, 3.05) is 0 Å². The number of aryl methyl sites for hydroxylation is 1. The second-order valence-electron chi connectivity index (χ2n) is 3.65. The van der Waals surface area contributed by atoms with Crippen LogP contribution in [0, 0.1) is 12.7 Å². The van der Waals surface area contributed by atoms with Gasteiger partial charge in [0.1, 0.15) is 22.9 Å². The molecule has 3 heterocycles. The largest absolute Gasteiger partial charge is 0.460 e. The molecule has 80 valence electrons. The maximum absolute atomic E-state index is 13.0. The molecule has 0 aliphatic heterocycles. The molecule has 0 spiro atoms. The number of furan rings is 1. The Labute approximate surface area is 91.2 Å². The number of hydrogen-bond donors (Lipinski definition) is 0. The Hall–Kier alpha value is -2.10. The van der Waals surface area contributed by atoms with Crippen molar-refractivity contribution in [2.24, 2.45) is 0 Å². The summed E-state index contributed by atoms with van der Waals surface area (Å²) in [5, 5.41) is 0. The lowest BCUT2D eigenvalue weighted by Gasteiger charge is -1.90. The predicted octanol–water partition coefficient (Wildman–Crippen LogP) is 3.04. The monoisotopic (exact) mass is 216 g/mol. The summed E-state index contributed by atoms with van der Waals surface area (Å²) in [4.78, 5) is 4.34. The first kappa shape index (κ1) is 9.15. The van der Waals surface area contributed by atoms with Gasteiger partial charge in [-0.1, -0.05) is 0 Å². The molecule has 3 aromatic rings. The predicted molar refractivity (Wildman–Crippen MR) is 57.6 cm³/mol. The van der Waals surface area contributed by atoms with Gasteiger partial charge >= 0.3 is 0 Å². The Morgan fingerprint density at radius 2 is 2.06 bits per heavy atom. The Kier molecular flexibility index (Phi) is 1.83. The van der Waals surface area contributed by atoms with Crippen LogP contribution in [0.25, 0.3) is 17.1 Å². The molecule has 4 heteroatoms. The lowest BCUT2D eigenvalue weighted by atomic mass is 10.3. The number of hydrogen-bond acceptors (Lipinski definition) is 2. The fourth-order valence-electron chi connectivity index (χ4n) is 1.66. The van der Waals surface area contributed by atoms with Crippen molar-refractivity contribution >= 4 is 5.65 Å². The molecule has 0 saturated heterocycles. The van der Waals surface area contributed by atoms with Crippen molar-refractivity contribution in [1.29, 1.82) is 0 Å². The van der Waals surface area contributed by atoms with Crippen molar-refractivity contribution in [1.82, 2.24) is 9.38 Å². The van der Waals surface area contributed by atoms with Gasteiger partial charge in [-0.05, 0) is 31.2 Å². The molecule has 0 aliphatic carbocycles. The summed E-state index contributed by atoms with van der Waals surface area (Å²) in [6.07, 6.45) is 3.14. The normalized spacial score (nSPS) is 11.1. The summed E-state index contributed by atoms with van der Waals surface area (Å²) in [6.45, 7) is 1.87. The molecular weight excluding hydrogens is 207 g/mol. The van der Waals surface area contributed by atoms with Crippen LogP contribution in [0.1, 0.15) is 5.76 Å². The number of rotatable bonds is 1. The highest BCUT2D eigenvalue weighted by Gasteiger charge is 2.07. The highest BCUT2D eigenvalue weighted by Crippen LogP contribution is 2.21. The van der Waals surface area contributed by atoms with E-state index in [1.165, 1.54) is 12.3 Å². The van der Waals surface area contributed by atoms with Gasteiger partial charge in [-0.15, -0.1) is 0 Å². The van der Waals surface area contributed by atoms with E-state index in [1.54, 1.807) is 16.7 Å². The van der Waals surface area contributed by atoms with Gasteiger partial charge in [0.2, 0.25) is 0 Å². The molecule has 0 unspecified atom stereocenters. The summed E-state index contributed by atoms with van der Waals surface area (Å²) < 4.78 is 20.1. The van der Waals surface area contributed by atoms with Crippen molar-refractivity contribution < 1.29 is 8.81 Å². The highest BCUT2D eigenvalue weighted by molar-refractivity contribution is 5.57. The molecule has 0 amide bonds. The Bertz CT molecular complexity index is 654. The van der Waals surface area contributed by atoms with Crippen LogP contribution in [0.2, 0.25) is 0 Å². The van der Waals surface area contributed by atoms with Gasteiger partial charge in [-0.3, -0.25) is 0 Å². The van der Waals surface area contributed by atoms with Gasteiger partial charge in [0.25, 0.3) is 0 Å². The number of imidazole rings is 1. The van der Waals surface area contributed by atoms with Crippen molar-refractivity contribution in [2.45, 2.75) is 6.92 Å². The fourth-order valence-corrected chi connectivity index (χ4v) is 1.66. The van der Waals surface area contributed by atoms with Gasteiger partial charge in [-0.25, -0.2) is 9.37 Å². The van der Waals surface area contributed by atoms with Crippen LogP contribution in [0.4, 0.5) is 4.39 Å². The quantitative estimate of drug-likeness (QED) is 0.625. The maximum atomic E-state index is 13.0. The lowest BCUT2D eigenvalue weighted by molar-refractivity contribution is 0.547. The first-order valence-electron chi connectivity index (χ1n) is 4.93. The molecule has 0 atom stereocenters. The summed E-state index contributed by atoms with van der Waals surface area (Å²) in [6, 6.07) is 6.75. The molecule has 0 bridgehead atoms. The molecule has 16 heavy (non-hydrogen) atoms. The second kappa shape index (κ2) is 3.20. The van der Waals surface area contributed by atoms with E-state index in [0.29, 0.717) is 17.1 Å². The van der Waals surface area contributed by atoms with Gasteiger partial charge in [0.15, 0.2) is 5.76 Å². The van der Waals surface area contributed by atoms with E-state index in [2.05, 4.69) is 4.98 Å². The van der Waals surface area contributed by atoms with E-state index in [1.807, 2.05) is 19.1 Å². The molecule has 0 aliphatic rings. The molecule has 0 N–H and O–H groups in total. The summed E-state index contributed by atoms with van der Waals surface area (Å²) >= 11 is 0. The molecule has 3 rings (SSSR count). The minimum absolute atomic E-state index is 0.285. The lowest BCUT2D eigenvalue weighted by Crippen LogP contribution is -1.83. The van der Waals surface area contributed by atoms with Gasteiger partial charge in [0, 0.05) is 12.4 Å². The summed E-state index contributed by atoms with van der Waals surface area (Å²) in [7, 11) is 0. The van der Waals surface area contributed by atoms with Crippen molar-refractivity contribution in [3.05, 3.63) is 48.2 Å². The first-order chi connectivity index (χ1) is 7.72. The second-order valence-corrected chi connectivity index (χ2v) is 3.65. The number of halogens is 1. The number of pyridine rings is 1. The zero-order valence-electron chi connectivity index (χ0n) is 8.64. The summed E-state index contributed by atoms with van der Waals surface area (Å²) in [5.41, 5.74) is 1.41. The van der Waals surface area contributed by atoms with Gasteiger partial charge in [-0.2, -0.15) is 0 Å². The van der Waals surface area contributed by atoms with Crippen LogP contribution in [0.5, 0.6) is 0 Å². The minimum Gasteiger partial charge on any atom is -0.460 e. The SMILES string of the molecule is Cc1ccc(-c2cn3cc(F)ccc3n2)o1. The Balaban J connectivity index is 2.18. The van der Waals surface area contributed by atoms with E-state index in [4.69, 9.17) is 4.42 Å².